The molecule has 0 spiro atoms. The number of hydrogen-bond acceptors (Lipinski definition) is 4. The Morgan fingerprint density at radius 2 is 2.13 bits per heavy atom. The number of amides is 2. The number of carbonyl (C=O) groups is 2. The number of nitrogens with one attached hydrogen (secondary N) is 3. The number of benzene rings is 1. The number of hydrogen-bond donors (Lipinski definition) is 3. The molecule has 2 amide bonds. The van der Waals surface area contributed by atoms with Crippen molar-refractivity contribution >= 4 is 23.6 Å². The highest BCUT2D eigenvalue weighted by atomic mass is 32.2. The van der Waals surface area contributed by atoms with E-state index in [9.17, 15) is 9.59 Å². The largest absolute Gasteiger partial charge is 0.350 e. The van der Waals surface area contributed by atoms with E-state index >= 15 is 0 Å². The highest BCUT2D eigenvalue weighted by molar-refractivity contribution is 7.98. The van der Waals surface area contributed by atoms with E-state index in [4.69, 9.17) is 0 Å². The third-order valence-electron chi connectivity index (χ3n) is 3.88. The van der Waals surface area contributed by atoms with E-state index in [0.29, 0.717) is 12.8 Å². The summed E-state index contributed by atoms with van der Waals surface area (Å²) in [4.78, 5) is 24.6. The summed E-state index contributed by atoms with van der Waals surface area (Å²) in [5.74, 6) is 0.656. The Balaban J connectivity index is 1.88. The lowest BCUT2D eigenvalue weighted by Crippen LogP contribution is -2.50. The second kappa shape index (κ2) is 9.57. The van der Waals surface area contributed by atoms with Crippen molar-refractivity contribution in [2.75, 3.05) is 25.1 Å². The molecule has 1 aromatic carbocycles. The highest BCUT2D eigenvalue weighted by Crippen LogP contribution is 2.05. The van der Waals surface area contributed by atoms with Gasteiger partial charge in [-0.25, -0.2) is 0 Å². The van der Waals surface area contributed by atoms with Crippen molar-refractivity contribution in [2.45, 2.75) is 31.3 Å². The Hall–Kier alpha value is -1.53. The minimum Gasteiger partial charge on any atom is -0.350 e. The van der Waals surface area contributed by atoms with Crippen LogP contribution in [0.25, 0.3) is 0 Å². The normalized spacial score (nSPS) is 18.4. The van der Waals surface area contributed by atoms with Crippen LogP contribution in [0, 0.1) is 0 Å². The Bertz CT molecular complexity index is 504. The minimum absolute atomic E-state index is 0.0749. The van der Waals surface area contributed by atoms with Gasteiger partial charge in [0.15, 0.2) is 0 Å². The summed E-state index contributed by atoms with van der Waals surface area (Å²) in [7, 11) is 0. The van der Waals surface area contributed by atoms with Gasteiger partial charge in [-0.3, -0.25) is 9.59 Å². The lowest BCUT2D eigenvalue weighted by atomic mass is 10.1. The molecule has 1 heterocycles. The van der Waals surface area contributed by atoms with E-state index in [-0.39, 0.29) is 17.9 Å². The molecular formula is C17H25N3O2S. The summed E-state index contributed by atoms with van der Waals surface area (Å²) in [5, 5.41) is 9.15. The summed E-state index contributed by atoms with van der Waals surface area (Å²) in [6.07, 6.45) is 3.89. The van der Waals surface area contributed by atoms with Crippen LogP contribution in [0.3, 0.4) is 0 Å². The van der Waals surface area contributed by atoms with Gasteiger partial charge in [0.25, 0.3) is 0 Å². The maximum absolute atomic E-state index is 12.4. The predicted molar refractivity (Wildman–Crippen MR) is 94.5 cm³/mol. The van der Waals surface area contributed by atoms with Gasteiger partial charge < -0.3 is 16.0 Å². The predicted octanol–water partition coefficient (Wildman–Crippen LogP) is 0.945. The standard InChI is InChI=1S/C17H25N3O2S/c1-23-10-8-15(17(22)19-14-7-9-18-12-14)20-16(21)11-13-5-3-2-4-6-13/h2-6,14-15,18H,7-12H2,1H3,(H,19,22)(H,20,21). The molecule has 126 valence electrons. The van der Waals surface area contributed by atoms with Crippen molar-refractivity contribution < 1.29 is 9.59 Å². The number of carbonyl (C=O) groups excluding carboxylic acids is 2. The summed E-state index contributed by atoms with van der Waals surface area (Å²) in [5.41, 5.74) is 0.953. The maximum atomic E-state index is 12.4. The van der Waals surface area contributed by atoms with Gasteiger partial charge in [0.05, 0.1) is 6.42 Å². The summed E-state index contributed by atoms with van der Waals surface area (Å²) in [6.45, 7) is 1.74. The molecule has 6 heteroatoms. The highest BCUT2D eigenvalue weighted by Gasteiger charge is 2.24. The Morgan fingerprint density at radius 1 is 1.35 bits per heavy atom. The fourth-order valence-electron chi connectivity index (χ4n) is 2.61. The third-order valence-corrected chi connectivity index (χ3v) is 4.52. The summed E-state index contributed by atoms with van der Waals surface area (Å²) >= 11 is 1.68. The molecule has 2 rings (SSSR count). The maximum Gasteiger partial charge on any atom is 0.242 e. The van der Waals surface area contributed by atoms with Crippen LogP contribution in [0.1, 0.15) is 18.4 Å². The summed E-state index contributed by atoms with van der Waals surface area (Å²) < 4.78 is 0. The van der Waals surface area contributed by atoms with Crippen LogP contribution in [0.4, 0.5) is 0 Å². The van der Waals surface area contributed by atoms with Crippen LogP contribution < -0.4 is 16.0 Å². The van der Waals surface area contributed by atoms with Crippen LogP contribution in [-0.2, 0) is 16.0 Å². The molecule has 0 radical (unpaired) electrons. The van der Waals surface area contributed by atoms with Crippen molar-refractivity contribution in [1.82, 2.24) is 16.0 Å². The van der Waals surface area contributed by atoms with Crippen molar-refractivity contribution in [3.63, 3.8) is 0 Å². The van der Waals surface area contributed by atoms with E-state index in [1.54, 1.807) is 11.8 Å². The van der Waals surface area contributed by atoms with Crippen LogP contribution in [0.5, 0.6) is 0 Å². The van der Waals surface area contributed by atoms with Crippen molar-refractivity contribution in [2.24, 2.45) is 0 Å². The second-order valence-corrected chi connectivity index (χ2v) is 6.75. The molecule has 23 heavy (non-hydrogen) atoms. The zero-order valence-electron chi connectivity index (χ0n) is 13.5. The molecule has 2 atom stereocenters. The van der Waals surface area contributed by atoms with Crippen LogP contribution in [-0.4, -0.2) is 49.0 Å². The number of thioether (sulfide) groups is 1. The number of rotatable bonds is 8. The van der Waals surface area contributed by atoms with Gasteiger partial charge >= 0.3 is 0 Å². The SMILES string of the molecule is CSCCC(NC(=O)Cc1ccccc1)C(=O)NC1CCNC1. The Labute approximate surface area is 142 Å². The molecule has 3 N–H and O–H groups in total. The molecule has 5 nitrogen and oxygen atoms in total. The Morgan fingerprint density at radius 3 is 2.78 bits per heavy atom. The zero-order chi connectivity index (χ0) is 16.5. The van der Waals surface area contributed by atoms with Gasteiger partial charge in [0.1, 0.15) is 6.04 Å². The van der Waals surface area contributed by atoms with E-state index in [0.717, 1.165) is 30.8 Å². The third kappa shape index (κ3) is 6.23. The molecular weight excluding hydrogens is 310 g/mol. The average Bonchev–Trinajstić information content (AvgIpc) is 3.05. The summed E-state index contributed by atoms with van der Waals surface area (Å²) in [6, 6.07) is 9.29. The topological polar surface area (TPSA) is 70.2 Å². The molecule has 2 unspecified atom stereocenters. The average molecular weight is 335 g/mol. The fraction of sp³-hybridized carbons (Fsp3) is 0.529. The lowest BCUT2D eigenvalue weighted by Gasteiger charge is -2.20. The molecule has 1 aromatic rings. The van der Waals surface area contributed by atoms with Crippen molar-refractivity contribution in [1.29, 1.82) is 0 Å². The van der Waals surface area contributed by atoms with Gasteiger partial charge in [-0.05, 0) is 37.0 Å². The molecule has 0 aliphatic carbocycles. The van der Waals surface area contributed by atoms with Crippen molar-refractivity contribution in [3.05, 3.63) is 35.9 Å². The first-order valence-electron chi connectivity index (χ1n) is 8.02. The van der Waals surface area contributed by atoms with Gasteiger partial charge in [-0.1, -0.05) is 30.3 Å². The first-order chi connectivity index (χ1) is 11.2. The minimum atomic E-state index is -0.459. The zero-order valence-corrected chi connectivity index (χ0v) is 14.3. The van der Waals surface area contributed by atoms with Crippen LogP contribution >= 0.6 is 11.8 Å². The van der Waals surface area contributed by atoms with E-state index < -0.39 is 6.04 Å². The van der Waals surface area contributed by atoms with Gasteiger partial charge in [-0.15, -0.1) is 0 Å². The Kier molecular flexibility index (Phi) is 7.42. The van der Waals surface area contributed by atoms with E-state index in [2.05, 4.69) is 16.0 Å². The van der Waals surface area contributed by atoms with Gasteiger partial charge in [0.2, 0.25) is 11.8 Å². The van der Waals surface area contributed by atoms with E-state index in [1.807, 2.05) is 36.6 Å². The van der Waals surface area contributed by atoms with Crippen LogP contribution in [0.2, 0.25) is 0 Å². The van der Waals surface area contributed by atoms with Crippen LogP contribution in [0.15, 0.2) is 30.3 Å². The van der Waals surface area contributed by atoms with Gasteiger partial charge in [-0.2, -0.15) is 11.8 Å². The monoisotopic (exact) mass is 335 g/mol. The lowest BCUT2D eigenvalue weighted by molar-refractivity contribution is -0.129. The second-order valence-electron chi connectivity index (χ2n) is 5.76. The molecule has 1 fully saturated rings. The quantitative estimate of drug-likeness (QED) is 0.661. The van der Waals surface area contributed by atoms with Gasteiger partial charge in [0, 0.05) is 12.6 Å². The molecule has 0 aromatic heterocycles. The molecule has 1 saturated heterocycles. The van der Waals surface area contributed by atoms with Crippen molar-refractivity contribution in [3.8, 4) is 0 Å². The molecule has 1 aliphatic heterocycles. The molecule has 0 bridgehead atoms. The smallest absolute Gasteiger partial charge is 0.242 e. The first-order valence-corrected chi connectivity index (χ1v) is 9.41. The first kappa shape index (κ1) is 17.8. The molecule has 1 aliphatic rings. The van der Waals surface area contributed by atoms with E-state index in [1.165, 1.54) is 0 Å². The molecule has 0 saturated carbocycles. The fourth-order valence-corrected chi connectivity index (χ4v) is 3.08.